The molecule has 170 valence electrons. The third-order valence-electron chi connectivity index (χ3n) is 7.47. The van der Waals surface area contributed by atoms with Crippen molar-refractivity contribution in [1.29, 1.82) is 0 Å². The van der Waals surface area contributed by atoms with Crippen LogP contribution in [0.5, 0.6) is 0 Å². The predicted octanol–water partition coefficient (Wildman–Crippen LogP) is 5.65. The maximum absolute atomic E-state index is 13.8. The van der Waals surface area contributed by atoms with Crippen LogP contribution >= 0.6 is 0 Å². The monoisotopic (exact) mass is 449 g/mol. The molecule has 0 bridgehead atoms. The Morgan fingerprint density at radius 3 is 2.44 bits per heavy atom. The molecule has 0 unspecified atom stereocenters. The highest BCUT2D eigenvalue weighted by Gasteiger charge is 2.63. The van der Waals surface area contributed by atoms with E-state index in [-0.39, 0.29) is 12.0 Å². The SMILES string of the molecule is CCc1ccc([C@H]2N(c3ccccc3)N=C3c4c(C)c5ccccc5n4C[C@]32C(=O)OC)cc1. The predicted molar refractivity (Wildman–Crippen MR) is 135 cm³/mol. The molecule has 0 fully saturated rings. The van der Waals surface area contributed by atoms with E-state index in [2.05, 4.69) is 60.9 Å². The standard InChI is InChI=1S/C29H27N3O2/c1-4-20-14-16-21(17-15-20)27-29(28(33)34-3)18-31-24-13-9-8-12-23(24)19(2)25(31)26(29)30-32(27)22-10-6-5-7-11-22/h5-17,27H,4,18H2,1-3H3/t27-,29+/m1/s1. The first-order chi connectivity index (χ1) is 16.6. The number of para-hydroxylation sites is 2. The van der Waals surface area contributed by atoms with Crippen molar-refractivity contribution in [3.05, 3.63) is 101 Å². The van der Waals surface area contributed by atoms with Crippen molar-refractivity contribution < 1.29 is 9.53 Å². The molecular weight excluding hydrogens is 422 g/mol. The lowest BCUT2D eigenvalue weighted by atomic mass is 9.74. The molecule has 3 aromatic carbocycles. The van der Waals surface area contributed by atoms with Gasteiger partial charge in [0.15, 0.2) is 5.41 Å². The molecule has 2 aliphatic heterocycles. The Balaban J connectivity index is 1.63. The molecule has 0 spiro atoms. The van der Waals surface area contributed by atoms with Crippen LogP contribution in [0.1, 0.15) is 35.3 Å². The second-order valence-electron chi connectivity index (χ2n) is 9.17. The Labute approximate surface area is 199 Å². The van der Waals surface area contributed by atoms with Crippen LogP contribution < -0.4 is 5.01 Å². The van der Waals surface area contributed by atoms with Crippen molar-refractivity contribution in [2.75, 3.05) is 12.1 Å². The van der Waals surface area contributed by atoms with Gasteiger partial charge in [0, 0.05) is 17.4 Å². The largest absolute Gasteiger partial charge is 0.468 e. The number of methoxy groups -OCH3 is 1. The van der Waals surface area contributed by atoms with E-state index in [9.17, 15) is 4.79 Å². The maximum atomic E-state index is 13.8. The van der Waals surface area contributed by atoms with Crippen LogP contribution in [0, 0.1) is 12.3 Å². The van der Waals surface area contributed by atoms with Crippen molar-refractivity contribution in [3.8, 4) is 0 Å². The summed E-state index contributed by atoms with van der Waals surface area (Å²) >= 11 is 0. The van der Waals surface area contributed by atoms with Crippen LogP contribution in [0.4, 0.5) is 5.69 Å². The molecule has 0 saturated carbocycles. The van der Waals surface area contributed by atoms with Gasteiger partial charge in [0.05, 0.1) is 18.5 Å². The average Bonchev–Trinajstić information content (AvgIpc) is 3.49. The van der Waals surface area contributed by atoms with Crippen LogP contribution in [-0.2, 0) is 22.5 Å². The molecule has 0 N–H and O–H groups in total. The number of hydrogen-bond acceptors (Lipinski definition) is 4. The van der Waals surface area contributed by atoms with E-state index < -0.39 is 5.41 Å². The van der Waals surface area contributed by atoms with Gasteiger partial charge in [0.25, 0.3) is 0 Å². The summed E-state index contributed by atoms with van der Waals surface area (Å²) in [6.07, 6.45) is 0.966. The number of esters is 1. The molecule has 6 rings (SSSR count). The Hall–Kier alpha value is -3.86. The quantitative estimate of drug-likeness (QED) is 0.378. The number of anilines is 1. The van der Waals surface area contributed by atoms with E-state index in [1.807, 2.05) is 41.4 Å². The second-order valence-corrected chi connectivity index (χ2v) is 9.17. The van der Waals surface area contributed by atoms with Crippen molar-refractivity contribution in [3.63, 3.8) is 0 Å². The van der Waals surface area contributed by atoms with E-state index in [0.29, 0.717) is 6.54 Å². The van der Waals surface area contributed by atoms with Crippen molar-refractivity contribution in [2.24, 2.45) is 10.5 Å². The first-order valence-electron chi connectivity index (χ1n) is 11.8. The van der Waals surface area contributed by atoms with Gasteiger partial charge in [-0.3, -0.25) is 9.80 Å². The minimum atomic E-state index is -0.942. The molecular formula is C29H27N3O2. The van der Waals surface area contributed by atoms with Gasteiger partial charge in [0.1, 0.15) is 11.8 Å². The summed E-state index contributed by atoms with van der Waals surface area (Å²) in [5.41, 5.74) is 6.43. The summed E-state index contributed by atoms with van der Waals surface area (Å²) in [6, 6.07) is 26.7. The molecule has 34 heavy (non-hydrogen) atoms. The van der Waals surface area contributed by atoms with Crippen LogP contribution in [0.2, 0.25) is 0 Å². The van der Waals surface area contributed by atoms with Crippen molar-refractivity contribution in [2.45, 2.75) is 32.9 Å². The number of hydrogen-bond donors (Lipinski definition) is 0. The number of aryl methyl sites for hydroxylation is 2. The Morgan fingerprint density at radius 2 is 1.74 bits per heavy atom. The van der Waals surface area contributed by atoms with E-state index >= 15 is 0 Å². The number of ether oxygens (including phenoxy) is 1. The fourth-order valence-electron chi connectivity index (χ4n) is 5.81. The highest BCUT2D eigenvalue weighted by molar-refractivity contribution is 6.21. The van der Waals surface area contributed by atoms with Gasteiger partial charge in [-0.15, -0.1) is 0 Å². The molecule has 0 amide bonds. The lowest BCUT2D eigenvalue weighted by molar-refractivity contribution is -0.149. The molecule has 5 nitrogen and oxygen atoms in total. The number of aromatic nitrogens is 1. The third-order valence-corrected chi connectivity index (χ3v) is 7.47. The molecule has 2 aliphatic rings. The summed E-state index contributed by atoms with van der Waals surface area (Å²) < 4.78 is 7.77. The first kappa shape index (κ1) is 20.7. The minimum absolute atomic E-state index is 0.249. The van der Waals surface area contributed by atoms with Crippen LogP contribution in [-0.4, -0.2) is 23.4 Å². The summed E-state index contributed by atoms with van der Waals surface area (Å²) in [4.78, 5) is 13.8. The summed E-state index contributed by atoms with van der Waals surface area (Å²) in [7, 11) is 1.48. The molecule has 0 saturated heterocycles. The van der Waals surface area contributed by atoms with E-state index in [4.69, 9.17) is 9.84 Å². The lowest BCUT2D eigenvalue weighted by Crippen LogP contribution is -2.44. The normalized spacial score (nSPS) is 20.9. The topological polar surface area (TPSA) is 46.8 Å². The van der Waals surface area contributed by atoms with Crippen LogP contribution in [0.3, 0.4) is 0 Å². The number of hydrazone groups is 1. The van der Waals surface area contributed by atoms with Crippen LogP contribution in [0.15, 0.2) is 84.0 Å². The molecule has 1 aromatic heterocycles. The first-order valence-corrected chi connectivity index (χ1v) is 11.8. The number of carbonyl (C=O) groups excluding carboxylic acids is 1. The Morgan fingerprint density at radius 1 is 1.03 bits per heavy atom. The van der Waals surface area contributed by atoms with E-state index in [0.717, 1.165) is 40.2 Å². The Kier molecular flexibility index (Phi) is 4.63. The van der Waals surface area contributed by atoms with Crippen LogP contribution in [0.25, 0.3) is 10.9 Å². The van der Waals surface area contributed by atoms with Gasteiger partial charge in [-0.2, -0.15) is 5.10 Å². The Bertz CT molecular complexity index is 1440. The smallest absolute Gasteiger partial charge is 0.322 e. The van der Waals surface area contributed by atoms with E-state index in [1.54, 1.807) is 0 Å². The molecule has 4 aromatic rings. The molecule has 0 aliphatic carbocycles. The van der Waals surface area contributed by atoms with Gasteiger partial charge < -0.3 is 9.30 Å². The lowest BCUT2D eigenvalue weighted by Gasteiger charge is -2.34. The third kappa shape index (κ3) is 2.67. The zero-order chi connectivity index (χ0) is 23.4. The minimum Gasteiger partial charge on any atom is -0.468 e. The van der Waals surface area contributed by atoms with E-state index in [1.165, 1.54) is 18.1 Å². The summed E-state index contributed by atoms with van der Waals surface area (Å²) in [5.74, 6) is -0.249. The van der Waals surface area contributed by atoms with Gasteiger partial charge in [-0.05, 0) is 48.2 Å². The summed E-state index contributed by atoms with van der Waals surface area (Å²) in [6.45, 7) is 4.77. The maximum Gasteiger partial charge on any atom is 0.322 e. The molecule has 5 heteroatoms. The molecule has 2 atom stereocenters. The zero-order valence-electron chi connectivity index (χ0n) is 19.7. The van der Waals surface area contributed by atoms with Crippen molar-refractivity contribution >= 4 is 28.3 Å². The van der Waals surface area contributed by atoms with Gasteiger partial charge in [-0.1, -0.05) is 67.6 Å². The fourth-order valence-corrected chi connectivity index (χ4v) is 5.81. The van der Waals surface area contributed by atoms with Gasteiger partial charge >= 0.3 is 5.97 Å². The van der Waals surface area contributed by atoms with Gasteiger partial charge in [-0.25, -0.2) is 0 Å². The number of fused-ring (bicyclic) bond motifs is 5. The number of nitrogens with zero attached hydrogens (tertiary/aromatic N) is 3. The molecule has 0 radical (unpaired) electrons. The molecule has 3 heterocycles. The van der Waals surface area contributed by atoms with Crippen molar-refractivity contribution in [1.82, 2.24) is 4.57 Å². The second kappa shape index (κ2) is 7.59. The van der Waals surface area contributed by atoms with Gasteiger partial charge in [0.2, 0.25) is 0 Å². The fraction of sp³-hybridized carbons (Fsp3) is 0.241. The summed E-state index contributed by atoms with van der Waals surface area (Å²) in [5, 5.41) is 8.40. The zero-order valence-corrected chi connectivity index (χ0v) is 19.7. The highest BCUT2D eigenvalue weighted by Crippen LogP contribution is 2.55. The number of benzene rings is 3. The number of carbonyl (C=O) groups is 1. The average molecular weight is 450 g/mol. The highest BCUT2D eigenvalue weighted by atomic mass is 16.5. The number of rotatable bonds is 4.